The molecule has 0 aliphatic rings. The predicted molar refractivity (Wildman–Crippen MR) is 84.6 cm³/mol. The van der Waals surface area contributed by atoms with Crippen LogP contribution >= 0.6 is 11.8 Å². The van der Waals surface area contributed by atoms with Crippen molar-refractivity contribution in [1.29, 1.82) is 0 Å². The first-order valence-electron chi connectivity index (χ1n) is 6.96. The molecule has 1 atom stereocenters. The van der Waals surface area contributed by atoms with Gasteiger partial charge in [0.25, 0.3) is 0 Å². The van der Waals surface area contributed by atoms with Crippen LogP contribution in [0.5, 0.6) is 0 Å². The van der Waals surface area contributed by atoms with Gasteiger partial charge >= 0.3 is 0 Å². The van der Waals surface area contributed by atoms with Crippen LogP contribution in [-0.2, 0) is 0 Å². The Hall–Kier alpha value is -1.32. The summed E-state index contributed by atoms with van der Waals surface area (Å²) in [7, 11) is 0. The van der Waals surface area contributed by atoms with Crippen molar-refractivity contribution in [2.75, 3.05) is 12.3 Å². The van der Waals surface area contributed by atoms with Crippen LogP contribution in [0.2, 0.25) is 0 Å². The third-order valence-electron chi connectivity index (χ3n) is 3.06. The Balaban J connectivity index is 2.01. The van der Waals surface area contributed by atoms with Crippen molar-refractivity contribution < 1.29 is 4.39 Å². The first-order chi connectivity index (χ1) is 9.79. The van der Waals surface area contributed by atoms with E-state index < -0.39 is 0 Å². The van der Waals surface area contributed by atoms with Crippen molar-refractivity contribution >= 4 is 11.8 Å². The molecule has 0 radical (unpaired) electrons. The topological polar surface area (TPSA) is 12.0 Å². The van der Waals surface area contributed by atoms with E-state index in [2.05, 4.69) is 36.5 Å². The van der Waals surface area contributed by atoms with Crippen LogP contribution in [0.25, 0.3) is 0 Å². The van der Waals surface area contributed by atoms with Gasteiger partial charge in [0.05, 0.1) is 0 Å². The molecule has 2 aromatic rings. The molecule has 2 aromatic carbocycles. The average Bonchev–Trinajstić information content (AvgIpc) is 2.48. The molecule has 106 valence electrons. The number of thioether (sulfide) groups is 1. The van der Waals surface area contributed by atoms with Crippen molar-refractivity contribution in [2.24, 2.45) is 0 Å². The molecular formula is C17H20FNS. The summed E-state index contributed by atoms with van der Waals surface area (Å²) in [6.45, 7) is 3.15. The third kappa shape index (κ3) is 4.66. The number of benzene rings is 2. The van der Waals surface area contributed by atoms with E-state index in [1.54, 1.807) is 23.9 Å². The molecule has 2 rings (SSSR count). The molecule has 0 aliphatic carbocycles. The molecule has 1 unspecified atom stereocenters. The van der Waals surface area contributed by atoms with Crippen molar-refractivity contribution in [1.82, 2.24) is 5.32 Å². The molecular weight excluding hydrogens is 269 g/mol. The molecule has 0 heterocycles. The lowest BCUT2D eigenvalue weighted by atomic mass is 10.1. The first kappa shape index (κ1) is 15.1. The van der Waals surface area contributed by atoms with Gasteiger partial charge in [0.1, 0.15) is 5.82 Å². The Morgan fingerprint density at radius 1 is 1.10 bits per heavy atom. The van der Waals surface area contributed by atoms with Crippen molar-refractivity contribution in [3.05, 3.63) is 66.0 Å². The van der Waals surface area contributed by atoms with Crippen molar-refractivity contribution in [3.63, 3.8) is 0 Å². The lowest BCUT2D eigenvalue weighted by molar-refractivity contribution is 0.577. The van der Waals surface area contributed by atoms with Gasteiger partial charge in [-0.1, -0.05) is 43.3 Å². The van der Waals surface area contributed by atoms with Crippen LogP contribution in [0, 0.1) is 5.82 Å². The maximum atomic E-state index is 13.2. The molecule has 3 heteroatoms. The largest absolute Gasteiger partial charge is 0.309 e. The Morgan fingerprint density at radius 3 is 2.60 bits per heavy atom. The first-order valence-corrected chi connectivity index (χ1v) is 7.95. The zero-order valence-corrected chi connectivity index (χ0v) is 12.5. The summed E-state index contributed by atoms with van der Waals surface area (Å²) in [5, 5.41) is 3.56. The fourth-order valence-corrected chi connectivity index (χ4v) is 3.05. The van der Waals surface area contributed by atoms with E-state index in [1.165, 1.54) is 11.6 Å². The standard InChI is InChI=1S/C17H20FNS/c1-2-11-19-17(14-7-4-3-5-8-14)13-20-16-10-6-9-15(18)12-16/h3-10,12,17,19H,2,11,13H2,1H3. The molecule has 0 amide bonds. The van der Waals surface area contributed by atoms with Crippen LogP contribution in [-0.4, -0.2) is 12.3 Å². The molecule has 0 spiro atoms. The molecule has 1 nitrogen and oxygen atoms in total. The van der Waals surface area contributed by atoms with E-state index in [0.717, 1.165) is 23.6 Å². The van der Waals surface area contributed by atoms with Gasteiger partial charge in [-0.3, -0.25) is 0 Å². The molecule has 0 aliphatic heterocycles. The summed E-state index contributed by atoms with van der Waals surface area (Å²) < 4.78 is 13.2. The van der Waals surface area contributed by atoms with E-state index >= 15 is 0 Å². The summed E-state index contributed by atoms with van der Waals surface area (Å²) in [6.07, 6.45) is 1.11. The molecule has 20 heavy (non-hydrogen) atoms. The van der Waals surface area contributed by atoms with Crippen LogP contribution < -0.4 is 5.32 Å². The maximum Gasteiger partial charge on any atom is 0.124 e. The molecule has 0 saturated heterocycles. The minimum absolute atomic E-state index is 0.173. The van der Waals surface area contributed by atoms with Gasteiger partial charge in [-0.2, -0.15) is 0 Å². The second-order valence-electron chi connectivity index (χ2n) is 4.69. The van der Waals surface area contributed by atoms with Crippen LogP contribution in [0.1, 0.15) is 24.9 Å². The second-order valence-corrected chi connectivity index (χ2v) is 5.78. The van der Waals surface area contributed by atoms with E-state index in [9.17, 15) is 4.39 Å². The summed E-state index contributed by atoms with van der Waals surface area (Å²) in [4.78, 5) is 0.976. The monoisotopic (exact) mass is 289 g/mol. The van der Waals surface area contributed by atoms with Gasteiger partial charge in [0.2, 0.25) is 0 Å². The van der Waals surface area contributed by atoms with Gasteiger partial charge in [-0.25, -0.2) is 4.39 Å². The lowest BCUT2D eigenvalue weighted by Gasteiger charge is -2.18. The summed E-state index contributed by atoms with van der Waals surface area (Å²) in [5.74, 6) is 0.723. The zero-order valence-electron chi connectivity index (χ0n) is 11.7. The number of hydrogen-bond acceptors (Lipinski definition) is 2. The van der Waals surface area contributed by atoms with E-state index in [0.29, 0.717) is 6.04 Å². The molecule has 0 saturated carbocycles. The summed E-state index contributed by atoms with van der Waals surface area (Å²) in [6, 6.07) is 17.5. The zero-order chi connectivity index (χ0) is 14.2. The van der Waals surface area contributed by atoms with Crippen LogP contribution in [0.4, 0.5) is 4.39 Å². The van der Waals surface area contributed by atoms with Gasteiger partial charge in [0, 0.05) is 16.7 Å². The lowest BCUT2D eigenvalue weighted by Crippen LogP contribution is -2.24. The van der Waals surface area contributed by atoms with Gasteiger partial charge < -0.3 is 5.32 Å². The number of rotatable bonds is 7. The highest BCUT2D eigenvalue weighted by Crippen LogP contribution is 2.25. The smallest absolute Gasteiger partial charge is 0.124 e. The fourth-order valence-electron chi connectivity index (χ4n) is 2.01. The summed E-state index contributed by atoms with van der Waals surface area (Å²) in [5.41, 5.74) is 1.28. The van der Waals surface area contributed by atoms with Crippen molar-refractivity contribution in [2.45, 2.75) is 24.3 Å². The SMILES string of the molecule is CCCNC(CSc1cccc(F)c1)c1ccccc1. The van der Waals surface area contributed by atoms with Gasteiger partial charge in [0.15, 0.2) is 0 Å². The summed E-state index contributed by atoms with van der Waals surface area (Å²) >= 11 is 1.69. The second kappa shape index (κ2) is 8.08. The maximum absolute atomic E-state index is 13.2. The third-order valence-corrected chi connectivity index (χ3v) is 4.14. The Labute approximate surface area is 124 Å². The van der Waals surface area contributed by atoms with Gasteiger partial charge in [-0.15, -0.1) is 11.8 Å². The van der Waals surface area contributed by atoms with E-state index in [1.807, 2.05) is 12.1 Å². The molecule has 0 fully saturated rings. The van der Waals surface area contributed by atoms with Gasteiger partial charge in [-0.05, 0) is 36.7 Å². The quantitative estimate of drug-likeness (QED) is 0.744. The van der Waals surface area contributed by atoms with E-state index in [4.69, 9.17) is 0 Å². The average molecular weight is 289 g/mol. The number of nitrogens with one attached hydrogen (secondary N) is 1. The molecule has 0 aromatic heterocycles. The van der Waals surface area contributed by atoms with E-state index in [-0.39, 0.29) is 5.82 Å². The molecule has 0 bridgehead atoms. The fraction of sp³-hybridized carbons (Fsp3) is 0.294. The minimum atomic E-state index is -0.173. The Bertz CT molecular complexity index is 515. The Morgan fingerprint density at radius 2 is 1.90 bits per heavy atom. The highest BCUT2D eigenvalue weighted by Gasteiger charge is 2.10. The van der Waals surface area contributed by atoms with Crippen molar-refractivity contribution in [3.8, 4) is 0 Å². The Kier molecular flexibility index (Phi) is 6.09. The predicted octanol–water partition coefficient (Wildman–Crippen LogP) is 4.66. The highest BCUT2D eigenvalue weighted by atomic mass is 32.2. The number of hydrogen-bond donors (Lipinski definition) is 1. The highest BCUT2D eigenvalue weighted by molar-refractivity contribution is 7.99. The minimum Gasteiger partial charge on any atom is -0.309 e. The van der Waals surface area contributed by atoms with Crippen LogP contribution in [0.15, 0.2) is 59.5 Å². The van der Waals surface area contributed by atoms with Crippen LogP contribution in [0.3, 0.4) is 0 Å². The number of halogens is 1. The molecule has 1 N–H and O–H groups in total. The normalized spacial score (nSPS) is 12.3.